The van der Waals surface area contributed by atoms with Crippen LogP contribution in [0.3, 0.4) is 0 Å². The lowest BCUT2D eigenvalue weighted by molar-refractivity contribution is -0.402. The van der Waals surface area contributed by atoms with Crippen LogP contribution in [0.25, 0.3) is 0 Å². The van der Waals surface area contributed by atoms with Crippen molar-refractivity contribution in [1.29, 1.82) is 0 Å². The summed E-state index contributed by atoms with van der Waals surface area (Å²) < 4.78 is 5.04. The van der Waals surface area contributed by atoms with Gasteiger partial charge in [-0.05, 0) is 37.3 Å². The maximum Gasteiger partial charge on any atom is 0.433 e. The Morgan fingerprint density at radius 2 is 2.38 bits per heavy atom. The summed E-state index contributed by atoms with van der Waals surface area (Å²) in [4.78, 5) is 9.87. The van der Waals surface area contributed by atoms with Gasteiger partial charge in [0.1, 0.15) is 10.7 Å². The maximum absolute atomic E-state index is 10.4. The van der Waals surface area contributed by atoms with Gasteiger partial charge in [0, 0.05) is 0 Å². The van der Waals surface area contributed by atoms with Crippen LogP contribution in [0.4, 0.5) is 5.88 Å². The van der Waals surface area contributed by atoms with E-state index in [4.69, 9.17) is 4.42 Å². The first-order chi connectivity index (χ1) is 7.66. The van der Waals surface area contributed by atoms with Gasteiger partial charge in [-0.25, -0.2) is 0 Å². The van der Waals surface area contributed by atoms with E-state index < -0.39 is 4.92 Å². The van der Waals surface area contributed by atoms with Crippen molar-refractivity contribution in [3.63, 3.8) is 0 Å². The van der Waals surface area contributed by atoms with E-state index in [0.29, 0.717) is 18.2 Å². The lowest BCUT2D eigenvalue weighted by Gasteiger charge is -2.09. The summed E-state index contributed by atoms with van der Waals surface area (Å²) in [6.07, 6.45) is 2.68. The van der Waals surface area contributed by atoms with Gasteiger partial charge in [0.15, 0.2) is 0 Å². The molecule has 88 valence electrons. The molecule has 1 heterocycles. The Hall–Kier alpha value is -1.36. The minimum absolute atomic E-state index is 0.188. The first-order valence-electron chi connectivity index (χ1n) is 5.60. The molecule has 0 saturated heterocycles. The molecule has 0 radical (unpaired) electrons. The summed E-state index contributed by atoms with van der Waals surface area (Å²) in [6.45, 7) is 3.74. The SMILES string of the molecule is CC(CNCc1ccc([N+](=O)[O-])o1)C1CC1. The summed E-state index contributed by atoms with van der Waals surface area (Å²) >= 11 is 0. The predicted molar refractivity (Wildman–Crippen MR) is 59.0 cm³/mol. The molecule has 1 aromatic rings. The average molecular weight is 224 g/mol. The number of hydrogen-bond acceptors (Lipinski definition) is 4. The van der Waals surface area contributed by atoms with Gasteiger partial charge >= 0.3 is 5.88 Å². The zero-order valence-corrected chi connectivity index (χ0v) is 9.31. The van der Waals surface area contributed by atoms with Crippen LogP contribution in [0.2, 0.25) is 0 Å². The number of nitrogens with zero attached hydrogens (tertiary/aromatic N) is 1. The van der Waals surface area contributed by atoms with Crippen LogP contribution in [0, 0.1) is 22.0 Å². The molecular weight excluding hydrogens is 208 g/mol. The quantitative estimate of drug-likeness (QED) is 0.594. The van der Waals surface area contributed by atoms with Gasteiger partial charge in [0.2, 0.25) is 0 Å². The van der Waals surface area contributed by atoms with E-state index >= 15 is 0 Å². The third kappa shape index (κ3) is 2.82. The van der Waals surface area contributed by atoms with E-state index in [1.54, 1.807) is 6.07 Å². The molecule has 5 heteroatoms. The number of rotatable bonds is 6. The molecule has 1 saturated carbocycles. The molecule has 1 fully saturated rings. The van der Waals surface area contributed by atoms with Crippen molar-refractivity contribution in [3.05, 3.63) is 28.0 Å². The zero-order valence-electron chi connectivity index (χ0n) is 9.31. The molecule has 5 nitrogen and oxygen atoms in total. The highest BCUT2D eigenvalue weighted by Gasteiger charge is 2.27. The van der Waals surface area contributed by atoms with Crippen molar-refractivity contribution >= 4 is 5.88 Å². The predicted octanol–water partition coefficient (Wildman–Crippen LogP) is 2.32. The molecule has 1 N–H and O–H groups in total. The average Bonchev–Trinajstić information content (AvgIpc) is 2.98. The monoisotopic (exact) mass is 224 g/mol. The molecule has 2 rings (SSSR count). The van der Waals surface area contributed by atoms with Crippen molar-refractivity contribution < 1.29 is 9.34 Å². The summed E-state index contributed by atoms with van der Waals surface area (Å²) in [5.74, 6) is 1.99. The van der Waals surface area contributed by atoms with E-state index in [-0.39, 0.29) is 5.88 Å². The van der Waals surface area contributed by atoms with Crippen LogP contribution in [0.1, 0.15) is 25.5 Å². The van der Waals surface area contributed by atoms with Crippen molar-refractivity contribution in [1.82, 2.24) is 5.32 Å². The van der Waals surface area contributed by atoms with Crippen molar-refractivity contribution in [3.8, 4) is 0 Å². The summed E-state index contributed by atoms with van der Waals surface area (Å²) in [7, 11) is 0. The van der Waals surface area contributed by atoms with Gasteiger partial charge in [-0.1, -0.05) is 6.92 Å². The fourth-order valence-electron chi connectivity index (χ4n) is 1.81. The number of furan rings is 1. The lowest BCUT2D eigenvalue weighted by Crippen LogP contribution is -2.21. The molecule has 0 aromatic carbocycles. The van der Waals surface area contributed by atoms with Gasteiger partial charge in [0.05, 0.1) is 12.6 Å². The van der Waals surface area contributed by atoms with E-state index in [1.165, 1.54) is 18.9 Å². The Bertz CT molecular complexity index is 371. The van der Waals surface area contributed by atoms with Crippen molar-refractivity contribution in [2.24, 2.45) is 11.8 Å². The fourth-order valence-corrected chi connectivity index (χ4v) is 1.81. The Morgan fingerprint density at radius 1 is 1.62 bits per heavy atom. The van der Waals surface area contributed by atoms with Crippen molar-refractivity contribution in [2.45, 2.75) is 26.3 Å². The van der Waals surface area contributed by atoms with E-state index in [9.17, 15) is 10.1 Å². The third-order valence-electron chi connectivity index (χ3n) is 3.02. The second-order valence-electron chi connectivity index (χ2n) is 4.44. The summed E-state index contributed by atoms with van der Waals surface area (Å²) in [5.41, 5.74) is 0. The van der Waals surface area contributed by atoms with E-state index in [1.807, 2.05) is 0 Å². The Balaban J connectivity index is 1.73. The van der Waals surface area contributed by atoms with Crippen LogP contribution in [0.15, 0.2) is 16.5 Å². The standard InChI is InChI=1S/C11H16N2O3/c1-8(9-2-3-9)6-12-7-10-4-5-11(16-10)13(14)15/h4-5,8-9,12H,2-3,6-7H2,1H3. The number of hydrogen-bond donors (Lipinski definition) is 1. The normalized spacial score (nSPS) is 17.3. The smallest absolute Gasteiger partial charge is 0.404 e. The zero-order chi connectivity index (χ0) is 11.5. The topological polar surface area (TPSA) is 68.3 Å². The molecule has 0 aliphatic heterocycles. The minimum Gasteiger partial charge on any atom is -0.404 e. The van der Waals surface area contributed by atoms with E-state index in [0.717, 1.165) is 12.5 Å². The van der Waals surface area contributed by atoms with Crippen LogP contribution in [-0.4, -0.2) is 11.5 Å². The van der Waals surface area contributed by atoms with Gasteiger partial charge < -0.3 is 9.73 Å². The molecular formula is C11H16N2O3. The highest BCUT2D eigenvalue weighted by atomic mass is 16.6. The van der Waals surface area contributed by atoms with Gasteiger partial charge in [0.25, 0.3) is 0 Å². The second-order valence-corrected chi connectivity index (χ2v) is 4.44. The van der Waals surface area contributed by atoms with Crippen LogP contribution in [-0.2, 0) is 6.54 Å². The lowest BCUT2D eigenvalue weighted by atomic mass is 10.1. The first kappa shape index (κ1) is 11.1. The third-order valence-corrected chi connectivity index (χ3v) is 3.02. The molecule has 16 heavy (non-hydrogen) atoms. The first-order valence-corrected chi connectivity index (χ1v) is 5.60. The Labute approximate surface area is 94.0 Å². The number of nitrogens with one attached hydrogen (secondary N) is 1. The van der Waals surface area contributed by atoms with Crippen LogP contribution in [0.5, 0.6) is 0 Å². The van der Waals surface area contributed by atoms with Crippen LogP contribution >= 0.6 is 0 Å². The highest BCUT2D eigenvalue weighted by Crippen LogP contribution is 2.36. The molecule has 0 spiro atoms. The summed E-state index contributed by atoms with van der Waals surface area (Å²) in [5, 5.41) is 13.6. The Kier molecular flexibility index (Phi) is 3.24. The molecule has 1 aliphatic carbocycles. The molecule has 1 atom stereocenters. The van der Waals surface area contributed by atoms with E-state index in [2.05, 4.69) is 12.2 Å². The summed E-state index contributed by atoms with van der Waals surface area (Å²) in [6, 6.07) is 3.04. The molecule has 1 aliphatic rings. The van der Waals surface area contributed by atoms with Gasteiger partial charge in [-0.2, -0.15) is 0 Å². The minimum atomic E-state index is -0.518. The van der Waals surface area contributed by atoms with Gasteiger partial charge in [-0.15, -0.1) is 0 Å². The van der Waals surface area contributed by atoms with Crippen molar-refractivity contribution in [2.75, 3.05) is 6.54 Å². The van der Waals surface area contributed by atoms with Gasteiger partial charge in [-0.3, -0.25) is 10.1 Å². The Morgan fingerprint density at radius 3 is 2.94 bits per heavy atom. The molecule has 1 unspecified atom stereocenters. The molecule has 1 aromatic heterocycles. The van der Waals surface area contributed by atoms with Crippen LogP contribution < -0.4 is 5.32 Å². The largest absolute Gasteiger partial charge is 0.433 e. The maximum atomic E-state index is 10.4. The highest BCUT2D eigenvalue weighted by molar-refractivity contribution is 5.17. The second kappa shape index (κ2) is 4.65. The molecule has 0 amide bonds. The number of nitro groups is 1. The fraction of sp³-hybridized carbons (Fsp3) is 0.636. The molecule has 0 bridgehead atoms.